The Labute approximate surface area is 88.3 Å². The lowest BCUT2D eigenvalue weighted by atomic mass is 10.1. The molecule has 2 saturated heterocycles. The van der Waals surface area contributed by atoms with Crippen LogP contribution < -0.4 is 0 Å². The van der Waals surface area contributed by atoms with E-state index in [0.717, 1.165) is 12.8 Å². The van der Waals surface area contributed by atoms with Crippen LogP contribution in [0.3, 0.4) is 0 Å². The molecule has 5 heteroatoms. The number of hydrogen-bond acceptors (Lipinski definition) is 4. The molecule has 2 aliphatic rings. The molecule has 0 spiro atoms. The van der Waals surface area contributed by atoms with Crippen molar-refractivity contribution in [1.29, 1.82) is 0 Å². The minimum atomic E-state index is -0.768. The molecule has 0 aliphatic carbocycles. The largest absolute Gasteiger partial charge is 0.481 e. The predicted molar refractivity (Wildman–Crippen MR) is 50.5 cm³/mol. The van der Waals surface area contributed by atoms with E-state index in [9.17, 15) is 4.79 Å². The van der Waals surface area contributed by atoms with Crippen molar-refractivity contribution < 1.29 is 24.1 Å². The Morgan fingerprint density at radius 1 is 1.27 bits per heavy atom. The topological polar surface area (TPSA) is 65.0 Å². The molecule has 2 fully saturated rings. The highest BCUT2D eigenvalue weighted by Gasteiger charge is 2.34. The summed E-state index contributed by atoms with van der Waals surface area (Å²) in [6.45, 7) is 1.26. The van der Waals surface area contributed by atoms with Gasteiger partial charge in [-0.25, -0.2) is 0 Å². The van der Waals surface area contributed by atoms with Crippen LogP contribution in [-0.4, -0.2) is 42.8 Å². The van der Waals surface area contributed by atoms with E-state index in [2.05, 4.69) is 0 Å². The van der Waals surface area contributed by atoms with E-state index >= 15 is 0 Å². The van der Waals surface area contributed by atoms with Crippen LogP contribution in [0.2, 0.25) is 0 Å². The molecular formula is C10H16O5. The summed E-state index contributed by atoms with van der Waals surface area (Å²) in [5, 5.41) is 8.55. The zero-order valence-electron chi connectivity index (χ0n) is 8.55. The third-order valence-electron chi connectivity index (χ3n) is 2.77. The van der Waals surface area contributed by atoms with E-state index in [1.165, 1.54) is 0 Å². The van der Waals surface area contributed by atoms with Crippen LogP contribution in [0.5, 0.6) is 0 Å². The molecule has 2 rings (SSSR count). The smallest absolute Gasteiger partial charge is 0.303 e. The van der Waals surface area contributed by atoms with Gasteiger partial charge in [-0.1, -0.05) is 0 Å². The van der Waals surface area contributed by atoms with Crippen LogP contribution in [0, 0.1) is 0 Å². The first-order chi connectivity index (χ1) is 7.25. The first kappa shape index (κ1) is 10.9. The number of hydrogen-bond donors (Lipinski definition) is 1. The van der Waals surface area contributed by atoms with Crippen LogP contribution in [0.15, 0.2) is 0 Å². The molecule has 2 aliphatic heterocycles. The van der Waals surface area contributed by atoms with Gasteiger partial charge in [0.2, 0.25) is 0 Å². The Kier molecular flexibility index (Phi) is 3.56. The van der Waals surface area contributed by atoms with Gasteiger partial charge in [-0.3, -0.25) is 4.79 Å². The summed E-state index contributed by atoms with van der Waals surface area (Å²) in [6, 6.07) is 0. The van der Waals surface area contributed by atoms with Crippen molar-refractivity contribution >= 4 is 5.97 Å². The van der Waals surface area contributed by atoms with Crippen LogP contribution in [0.4, 0.5) is 0 Å². The van der Waals surface area contributed by atoms with Crippen LogP contribution in [-0.2, 0) is 19.0 Å². The van der Waals surface area contributed by atoms with Gasteiger partial charge in [-0.2, -0.15) is 0 Å². The van der Waals surface area contributed by atoms with Crippen molar-refractivity contribution in [2.45, 2.75) is 44.2 Å². The van der Waals surface area contributed by atoms with Gasteiger partial charge in [-0.15, -0.1) is 0 Å². The van der Waals surface area contributed by atoms with Crippen LogP contribution >= 0.6 is 0 Å². The van der Waals surface area contributed by atoms with Gasteiger partial charge < -0.3 is 19.3 Å². The summed E-state index contributed by atoms with van der Waals surface area (Å²) in [5.74, 6) is -0.768. The van der Waals surface area contributed by atoms with E-state index in [0.29, 0.717) is 19.6 Å². The van der Waals surface area contributed by atoms with Gasteiger partial charge >= 0.3 is 5.97 Å². The summed E-state index contributed by atoms with van der Waals surface area (Å²) in [7, 11) is 0. The summed E-state index contributed by atoms with van der Waals surface area (Å²) >= 11 is 0. The molecule has 0 amide bonds. The third kappa shape index (κ3) is 2.90. The van der Waals surface area contributed by atoms with Crippen molar-refractivity contribution in [2.75, 3.05) is 13.2 Å². The second-order valence-corrected chi connectivity index (χ2v) is 3.92. The molecule has 0 aromatic carbocycles. The number of carbonyl (C=O) groups is 1. The number of carboxylic acid groups (broad SMARTS) is 1. The molecule has 0 aromatic rings. The zero-order chi connectivity index (χ0) is 10.7. The second-order valence-electron chi connectivity index (χ2n) is 3.92. The molecule has 15 heavy (non-hydrogen) atoms. The SMILES string of the molecule is O=C(O)CC[C@H]1CC[C@@H](C2OCCO2)O1. The first-order valence-corrected chi connectivity index (χ1v) is 5.36. The minimum Gasteiger partial charge on any atom is -0.481 e. The van der Waals surface area contributed by atoms with Crippen molar-refractivity contribution in [1.82, 2.24) is 0 Å². The lowest BCUT2D eigenvalue weighted by Crippen LogP contribution is -2.27. The summed E-state index contributed by atoms with van der Waals surface area (Å²) < 4.78 is 16.4. The van der Waals surface area contributed by atoms with E-state index in [1.54, 1.807) is 0 Å². The van der Waals surface area contributed by atoms with Crippen LogP contribution in [0.25, 0.3) is 0 Å². The van der Waals surface area contributed by atoms with Gasteiger partial charge in [-0.05, 0) is 19.3 Å². The fraction of sp³-hybridized carbons (Fsp3) is 0.900. The normalized spacial score (nSPS) is 32.3. The molecule has 0 bridgehead atoms. The van der Waals surface area contributed by atoms with Gasteiger partial charge in [0.25, 0.3) is 0 Å². The first-order valence-electron chi connectivity index (χ1n) is 5.36. The molecular weight excluding hydrogens is 200 g/mol. The molecule has 86 valence electrons. The van der Waals surface area contributed by atoms with Gasteiger partial charge in [0.1, 0.15) is 6.10 Å². The second kappa shape index (κ2) is 4.92. The van der Waals surface area contributed by atoms with E-state index in [4.69, 9.17) is 19.3 Å². The van der Waals surface area contributed by atoms with Crippen molar-refractivity contribution in [2.24, 2.45) is 0 Å². The van der Waals surface area contributed by atoms with E-state index in [1.807, 2.05) is 0 Å². The molecule has 2 atom stereocenters. The third-order valence-corrected chi connectivity index (χ3v) is 2.77. The number of rotatable bonds is 4. The summed E-state index contributed by atoms with van der Waals surface area (Å²) in [4.78, 5) is 10.4. The highest BCUT2D eigenvalue weighted by Crippen LogP contribution is 2.28. The maximum Gasteiger partial charge on any atom is 0.303 e. The quantitative estimate of drug-likeness (QED) is 0.752. The standard InChI is InChI=1S/C10H16O5/c11-9(12)4-2-7-1-3-8(15-7)10-13-5-6-14-10/h7-8,10H,1-6H2,(H,11,12)/t7-,8+/m1/s1. The highest BCUT2D eigenvalue weighted by molar-refractivity contribution is 5.66. The Balaban J connectivity index is 1.71. The van der Waals surface area contributed by atoms with Gasteiger partial charge in [0.05, 0.1) is 19.3 Å². The van der Waals surface area contributed by atoms with Gasteiger partial charge in [0.15, 0.2) is 6.29 Å². The van der Waals surface area contributed by atoms with Crippen LogP contribution in [0.1, 0.15) is 25.7 Å². The Bertz CT molecular complexity index is 224. The molecule has 5 nitrogen and oxygen atoms in total. The number of carboxylic acids is 1. The molecule has 0 unspecified atom stereocenters. The number of ether oxygens (including phenoxy) is 3. The maximum absolute atomic E-state index is 10.4. The fourth-order valence-electron chi connectivity index (χ4n) is 2.02. The minimum absolute atomic E-state index is 0.00806. The monoisotopic (exact) mass is 216 g/mol. The Morgan fingerprint density at radius 2 is 2.00 bits per heavy atom. The fourth-order valence-corrected chi connectivity index (χ4v) is 2.02. The van der Waals surface area contributed by atoms with Gasteiger partial charge in [0, 0.05) is 6.42 Å². The molecule has 2 heterocycles. The lowest BCUT2D eigenvalue weighted by Gasteiger charge is -2.17. The molecule has 0 radical (unpaired) electrons. The molecule has 1 N–H and O–H groups in total. The Hall–Kier alpha value is -0.650. The van der Waals surface area contributed by atoms with Crippen molar-refractivity contribution in [3.63, 3.8) is 0 Å². The summed E-state index contributed by atoms with van der Waals surface area (Å²) in [6.07, 6.45) is 2.36. The van der Waals surface area contributed by atoms with Crippen molar-refractivity contribution in [3.05, 3.63) is 0 Å². The zero-order valence-corrected chi connectivity index (χ0v) is 8.55. The predicted octanol–water partition coefficient (Wildman–Crippen LogP) is 0.772. The summed E-state index contributed by atoms with van der Waals surface area (Å²) in [5.41, 5.74) is 0. The molecule has 0 aromatic heterocycles. The van der Waals surface area contributed by atoms with E-state index < -0.39 is 5.97 Å². The van der Waals surface area contributed by atoms with E-state index in [-0.39, 0.29) is 24.9 Å². The molecule has 0 saturated carbocycles. The average molecular weight is 216 g/mol. The average Bonchev–Trinajstić information content (AvgIpc) is 2.85. The maximum atomic E-state index is 10.4. The van der Waals surface area contributed by atoms with Crippen molar-refractivity contribution in [3.8, 4) is 0 Å². The number of aliphatic carboxylic acids is 1. The highest BCUT2D eigenvalue weighted by atomic mass is 16.7. The lowest BCUT2D eigenvalue weighted by molar-refractivity contribution is -0.143. The Morgan fingerprint density at radius 3 is 2.67 bits per heavy atom.